The minimum atomic E-state index is 0.432. The van der Waals surface area contributed by atoms with Gasteiger partial charge in [-0.25, -0.2) is 0 Å². The molecule has 0 unspecified atom stereocenters. The Kier molecular flexibility index (Phi) is 15.5. The molecule has 0 saturated carbocycles. The van der Waals surface area contributed by atoms with Gasteiger partial charge in [0.05, 0.1) is 20.8 Å². The number of methoxy groups -OCH3 is 4. The number of pyridine rings is 1. The van der Waals surface area contributed by atoms with Gasteiger partial charge in [-0.2, -0.15) is 0 Å². The summed E-state index contributed by atoms with van der Waals surface area (Å²) in [6, 6.07) is 17.6. The molecule has 4 aromatic rings. The molecule has 3 N–H and O–H groups in total. The van der Waals surface area contributed by atoms with Crippen LogP contribution in [0.2, 0.25) is 0 Å². The summed E-state index contributed by atoms with van der Waals surface area (Å²) in [4.78, 5) is 18.8. The molecule has 2 aromatic carbocycles. The molecule has 4 heterocycles. The van der Waals surface area contributed by atoms with Gasteiger partial charge in [-0.05, 0) is 36.3 Å². The molecular weight excluding hydrogens is 888 g/mol. The monoisotopic (exact) mass is 935 g/mol. The number of allylic oxidation sites excluding steroid dienone is 6. The zero-order chi connectivity index (χ0) is 43.5. The Morgan fingerprint density at radius 2 is 1.23 bits per heavy atom. The molecule has 2 aliphatic rings. The predicted octanol–water partition coefficient (Wildman–Crippen LogP) is 9.97. The molecule has 0 amide bonds. The summed E-state index contributed by atoms with van der Waals surface area (Å²) in [5.74, 6) is 3.24. The zero-order valence-corrected chi connectivity index (χ0v) is 40.1. The molecule has 0 atom stereocenters. The molecule has 0 aliphatic carbocycles. The minimum Gasteiger partial charge on any atom is -0.493 e. The van der Waals surface area contributed by atoms with Gasteiger partial charge in [0, 0.05) is 11.3 Å². The van der Waals surface area contributed by atoms with E-state index in [1.807, 2.05) is 78.9 Å². The number of H-pyrrole nitrogens is 1. The maximum absolute atomic E-state index is 6.70. The first-order valence-corrected chi connectivity index (χ1v) is 22.4. The second kappa shape index (κ2) is 21.1. The van der Waals surface area contributed by atoms with Crippen LogP contribution in [0, 0.1) is 0 Å². The van der Waals surface area contributed by atoms with Crippen LogP contribution in [0.25, 0.3) is 16.7 Å². The number of halogens is 1. The van der Waals surface area contributed by atoms with Crippen molar-refractivity contribution in [3.63, 3.8) is 0 Å². The van der Waals surface area contributed by atoms with Crippen molar-refractivity contribution in [1.82, 2.24) is 9.97 Å². The summed E-state index contributed by atoms with van der Waals surface area (Å²) in [5, 5.41) is 0. The summed E-state index contributed by atoms with van der Waals surface area (Å²) in [5.41, 5.74) is 16.2. The SMILES string of the molecule is C=C/C(N)=C(C1=N/C(=C(/c2ccccn2)c2ccc(/C(=C3/C=CC([C](=[Zn])Br)=N3)c3cc(OC)c(OCCCC)c(OC)c3)[nH]2)C=C1)\c1cc(OC)c(OCCCC)c(OC)c1. The van der Waals surface area contributed by atoms with Crippen molar-refractivity contribution in [3.05, 3.63) is 143 Å². The number of hydrogen-bond donors (Lipinski definition) is 2. The Bertz CT molecular complexity index is 2460. The summed E-state index contributed by atoms with van der Waals surface area (Å²) < 4.78 is 36.7. The Morgan fingerprint density at radius 3 is 1.70 bits per heavy atom. The fourth-order valence-corrected chi connectivity index (χ4v) is 7.51. The molecule has 0 bridgehead atoms. The third-order valence-electron chi connectivity index (χ3n) is 9.97. The zero-order valence-electron chi connectivity index (χ0n) is 35.6. The van der Waals surface area contributed by atoms with Crippen LogP contribution in [-0.4, -0.2) is 66.1 Å². The third-order valence-corrected chi connectivity index (χ3v) is 11.1. The van der Waals surface area contributed by atoms with E-state index in [2.05, 4.69) is 41.3 Å². The maximum atomic E-state index is 6.70. The molecule has 0 radical (unpaired) electrons. The molecular formula is C48H50BrN5O6Zn. The molecule has 2 aliphatic heterocycles. The van der Waals surface area contributed by atoms with Crippen LogP contribution >= 0.6 is 15.9 Å². The summed E-state index contributed by atoms with van der Waals surface area (Å²) in [6.45, 7) is 9.31. The number of hydrogen-bond acceptors (Lipinski definition) is 10. The minimum absolute atomic E-state index is 0.432. The summed E-state index contributed by atoms with van der Waals surface area (Å²) in [6.07, 6.45) is 15.1. The Morgan fingerprint density at radius 1 is 0.721 bits per heavy atom. The van der Waals surface area contributed by atoms with Gasteiger partial charge < -0.3 is 19.9 Å². The first-order chi connectivity index (χ1) is 29.7. The Hall–Kier alpha value is -5.78. The molecule has 6 rings (SSSR count). The van der Waals surface area contributed by atoms with Gasteiger partial charge in [0.25, 0.3) is 0 Å². The number of unbranched alkanes of at least 4 members (excludes halogenated alkanes) is 2. The van der Waals surface area contributed by atoms with E-state index in [9.17, 15) is 0 Å². The third kappa shape index (κ3) is 10.1. The molecule has 0 spiro atoms. The van der Waals surface area contributed by atoms with Crippen LogP contribution in [0.5, 0.6) is 34.5 Å². The Labute approximate surface area is 375 Å². The Balaban J connectivity index is 1.51. The van der Waals surface area contributed by atoms with Crippen molar-refractivity contribution >= 4 is 47.1 Å². The number of ether oxygens (including phenoxy) is 6. The second-order valence-corrected chi connectivity index (χ2v) is 18.6. The van der Waals surface area contributed by atoms with E-state index in [1.165, 1.54) is 0 Å². The molecule has 61 heavy (non-hydrogen) atoms. The van der Waals surface area contributed by atoms with E-state index in [-0.39, 0.29) is 0 Å². The molecule has 11 nitrogen and oxygen atoms in total. The van der Waals surface area contributed by atoms with Gasteiger partial charge in [0.2, 0.25) is 5.75 Å². The standard InChI is InChI=1S/C48H50BrN5O6.Zn/c1-8-11-23-59-47-40(55-4)25-30(26-41(47)56-5)44(33(50)10-3)35-18-20-38(53-35)46(34-15-13-14-22-51-34)39-21-19-37(54-39)45(36-17-16-32(29-49)52-36)31-27-42(57-6)48(43(28-31)58-7)60-24-12-9-2;/h10,13-22,25-28,54H,3,8-9,11-12,23-24,50H2,1-2,4-7H3;/b44-33-,45-36-,46-38-;. The van der Waals surface area contributed by atoms with Crippen molar-refractivity contribution in [2.75, 3.05) is 41.7 Å². The van der Waals surface area contributed by atoms with E-state index in [0.717, 1.165) is 97.3 Å². The first-order valence-electron chi connectivity index (χ1n) is 20.1. The molecule has 2 aromatic heterocycles. The van der Waals surface area contributed by atoms with Crippen molar-refractivity contribution in [1.29, 1.82) is 0 Å². The normalized spacial score (nSPS) is 15.2. The van der Waals surface area contributed by atoms with Crippen LogP contribution in [0.3, 0.4) is 0 Å². The predicted molar refractivity (Wildman–Crippen MR) is 245 cm³/mol. The smallest absolute Gasteiger partial charge is 0.493 e. The fraction of sp³-hybridized carbons (Fsp3) is 0.250. The second-order valence-electron chi connectivity index (χ2n) is 13.9. The first kappa shape index (κ1) is 44.8. The van der Waals surface area contributed by atoms with Crippen molar-refractivity contribution in [2.45, 2.75) is 39.5 Å². The van der Waals surface area contributed by atoms with Crippen LogP contribution in [0.1, 0.15) is 67.7 Å². The van der Waals surface area contributed by atoms with Crippen LogP contribution in [0.15, 0.2) is 125 Å². The topological polar surface area (TPSA) is 135 Å². The number of aromatic amines is 1. The number of aliphatic imine (C=N–C) groups is 2. The molecule has 13 heteroatoms. The van der Waals surface area contributed by atoms with Crippen molar-refractivity contribution < 1.29 is 46.3 Å². The fourth-order valence-electron chi connectivity index (χ4n) is 6.87. The number of nitrogens with one attached hydrogen (secondary N) is 1. The van der Waals surface area contributed by atoms with E-state index in [1.54, 1.807) is 40.7 Å². The van der Waals surface area contributed by atoms with Crippen molar-refractivity contribution in [3.8, 4) is 34.5 Å². The van der Waals surface area contributed by atoms with Gasteiger partial charge in [-0.1, -0.05) is 33.3 Å². The number of nitrogens with two attached hydrogens (primary N) is 1. The van der Waals surface area contributed by atoms with E-state index < -0.39 is 0 Å². The average Bonchev–Trinajstić information content (AvgIpc) is 4.08. The van der Waals surface area contributed by atoms with E-state index in [4.69, 9.17) is 49.1 Å². The van der Waals surface area contributed by atoms with Crippen LogP contribution in [0.4, 0.5) is 0 Å². The molecule has 0 fully saturated rings. The summed E-state index contributed by atoms with van der Waals surface area (Å²) in [7, 11) is 6.47. The van der Waals surface area contributed by atoms with Gasteiger partial charge in [-0.3, -0.25) is 0 Å². The van der Waals surface area contributed by atoms with Gasteiger partial charge >= 0.3 is 239 Å². The molecule has 312 valence electrons. The van der Waals surface area contributed by atoms with Gasteiger partial charge in [0.15, 0.2) is 11.5 Å². The number of rotatable bonds is 20. The van der Waals surface area contributed by atoms with E-state index in [0.29, 0.717) is 70.4 Å². The quantitative estimate of drug-likeness (QED) is 0.0508. The molecule has 0 saturated heterocycles. The number of nitrogens with zero attached hydrogens (tertiary/aromatic N) is 3. The van der Waals surface area contributed by atoms with Crippen LogP contribution in [-0.2, 0) is 17.9 Å². The van der Waals surface area contributed by atoms with Crippen LogP contribution < -0.4 is 34.2 Å². The van der Waals surface area contributed by atoms with Gasteiger partial charge in [0.1, 0.15) is 0 Å². The number of aromatic nitrogens is 2. The van der Waals surface area contributed by atoms with Gasteiger partial charge in [-0.15, -0.1) is 0 Å². The summed E-state index contributed by atoms with van der Waals surface area (Å²) >= 11 is 4.60. The number of benzene rings is 2. The van der Waals surface area contributed by atoms with E-state index >= 15 is 0 Å². The average molecular weight is 938 g/mol. The van der Waals surface area contributed by atoms with Crippen molar-refractivity contribution in [2.24, 2.45) is 15.7 Å².